The lowest BCUT2D eigenvalue weighted by Gasteiger charge is -2.31. The average Bonchev–Trinajstić information content (AvgIpc) is 2.87. The second-order valence-corrected chi connectivity index (χ2v) is 5.62. The van der Waals surface area contributed by atoms with Crippen molar-refractivity contribution in [2.24, 2.45) is 0 Å². The Morgan fingerprint density at radius 2 is 1.89 bits per heavy atom. The zero-order valence-electron chi connectivity index (χ0n) is 11.2. The van der Waals surface area contributed by atoms with Crippen molar-refractivity contribution >= 4 is 0 Å². The summed E-state index contributed by atoms with van der Waals surface area (Å²) in [6.07, 6.45) is 9.19. The van der Waals surface area contributed by atoms with E-state index < -0.39 is 0 Å². The molecule has 18 heavy (non-hydrogen) atoms. The van der Waals surface area contributed by atoms with Gasteiger partial charge in [0.05, 0.1) is 0 Å². The van der Waals surface area contributed by atoms with Crippen LogP contribution in [0.3, 0.4) is 0 Å². The third-order valence-electron chi connectivity index (χ3n) is 4.43. The number of likely N-dealkylation sites (N-methyl/N-ethyl adjacent to an activating group) is 1. The summed E-state index contributed by atoms with van der Waals surface area (Å²) in [5.41, 5.74) is 3.03. The molecule has 0 saturated heterocycles. The van der Waals surface area contributed by atoms with Gasteiger partial charge in [-0.15, -0.1) is 0 Å². The van der Waals surface area contributed by atoms with Crippen LogP contribution in [0.25, 0.3) is 0 Å². The minimum absolute atomic E-state index is 0.350. The lowest BCUT2D eigenvalue weighted by Crippen LogP contribution is -2.43. The molecule has 0 bridgehead atoms. The second-order valence-electron chi connectivity index (χ2n) is 5.62. The normalized spacial score (nSPS) is 26.9. The molecule has 1 aromatic carbocycles. The highest BCUT2D eigenvalue weighted by Crippen LogP contribution is 2.29. The van der Waals surface area contributed by atoms with Crippen molar-refractivity contribution in [1.29, 1.82) is 0 Å². The Hall–Kier alpha value is -1.02. The Morgan fingerprint density at radius 3 is 2.78 bits per heavy atom. The first-order valence-electron chi connectivity index (χ1n) is 7.32. The van der Waals surface area contributed by atoms with Crippen LogP contribution in [-0.2, 0) is 12.8 Å². The van der Waals surface area contributed by atoms with Crippen molar-refractivity contribution < 1.29 is 4.74 Å². The van der Waals surface area contributed by atoms with Gasteiger partial charge in [0.2, 0.25) is 0 Å². The third-order valence-corrected chi connectivity index (χ3v) is 4.43. The molecule has 0 heterocycles. The molecule has 1 aromatic rings. The van der Waals surface area contributed by atoms with Gasteiger partial charge in [-0.05, 0) is 68.8 Å². The topological polar surface area (TPSA) is 21.3 Å². The average molecular weight is 245 g/mol. The van der Waals surface area contributed by atoms with Gasteiger partial charge < -0.3 is 10.1 Å². The number of ether oxygens (including phenoxy) is 1. The molecule has 1 N–H and O–H groups in total. The lowest BCUT2D eigenvalue weighted by molar-refractivity contribution is 0.118. The smallest absolute Gasteiger partial charge is 0.120 e. The van der Waals surface area contributed by atoms with Gasteiger partial charge >= 0.3 is 0 Å². The zero-order chi connectivity index (χ0) is 12.4. The minimum Gasteiger partial charge on any atom is -0.489 e. The summed E-state index contributed by atoms with van der Waals surface area (Å²) in [4.78, 5) is 0. The van der Waals surface area contributed by atoms with Crippen molar-refractivity contribution in [2.75, 3.05) is 7.05 Å². The van der Waals surface area contributed by atoms with Crippen molar-refractivity contribution in [2.45, 2.75) is 57.1 Å². The van der Waals surface area contributed by atoms with Crippen LogP contribution in [-0.4, -0.2) is 19.2 Å². The summed E-state index contributed by atoms with van der Waals surface area (Å²) < 4.78 is 6.22. The molecule has 0 amide bonds. The van der Waals surface area contributed by atoms with Crippen molar-refractivity contribution in [3.05, 3.63) is 29.3 Å². The fourth-order valence-electron chi connectivity index (χ4n) is 3.36. The Morgan fingerprint density at radius 1 is 1.06 bits per heavy atom. The van der Waals surface area contributed by atoms with E-state index in [1.165, 1.54) is 56.1 Å². The molecule has 3 rings (SSSR count). The molecule has 2 atom stereocenters. The molecule has 0 aliphatic heterocycles. The van der Waals surface area contributed by atoms with E-state index in [1.54, 1.807) is 0 Å². The maximum absolute atomic E-state index is 6.22. The number of hydrogen-bond acceptors (Lipinski definition) is 2. The predicted octanol–water partition coefficient (Wildman–Crippen LogP) is 3.08. The monoisotopic (exact) mass is 245 g/mol. The Labute approximate surface area is 110 Å². The highest BCUT2D eigenvalue weighted by atomic mass is 16.5. The molecule has 0 aromatic heterocycles. The number of benzene rings is 1. The van der Waals surface area contributed by atoms with Gasteiger partial charge in [-0.1, -0.05) is 12.5 Å². The molecule has 1 saturated carbocycles. The number of hydrogen-bond donors (Lipinski definition) is 1. The molecule has 2 aliphatic carbocycles. The van der Waals surface area contributed by atoms with Crippen LogP contribution in [0.15, 0.2) is 18.2 Å². The van der Waals surface area contributed by atoms with E-state index in [2.05, 4.69) is 30.6 Å². The van der Waals surface area contributed by atoms with Gasteiger partial charge in [0.1, 0.15) is 11.9 Å². The summed E-state index contributed by atoms with van der Waals surface area (Å²) in [6, 6.07) is 7.20. The van der Waals surface area contributed by atoms with Crippen molar-refractivity contribution in [3.8, 4) is 5.75 Å². The van der Waals surface area contributed by atoms with E-state index >= 15 is 0 Å². The Bertz CT molecular complexity index is 416. The summed E-state index contributed by atoms with van der Waals surface area (Å²) in [6.45, 7) is 0. The summed E-state index contributed by atoms with van der Waals surface area (Å²) in [5, 5.41) is 3.40. The zero-order valence-corrected chi connectivity index (χ0v) is 11.2. The first-order valence-corrected chi connectivity index (χ1v) is 7.32. The van der Waals surface area contributed by atoms with E-state index in [0.29, 0.717) is 12.1 Å². The summed E-state index contributed by atoms with van der Waals surface area (Å²) in [7, 11) is 2.05. The molecule has 1 fully saturated rings. The highest BCUT2D eigenvalue weighted by molar-refractivity contribution is 5.38. The molecular formula is C16H23NO. The van der Waals surface area contributed by atoms with E-state index in [-0.39, 0.29) is 0 Å². The first kappa shape index (κ1) is 12.0. The standard InChI is InChI=1S/C16H23NO/c1-17-15-7-2-3-8-16(15)18-14-10-9-12-5-4-6-13(12)11-14/h9-11,15-17H,2-8H2,1H3. The van der Waals surface area contributed by atoms with Crippen LogP contribution in [0.1, 0.15) is 43.2 Å². The maximum atomic E-state index is 6.22. The predicted molar refractivity (Wildman–Crippen MR) is 74.2 cm³/mol. The minimum atomic E-state index is 0.350. The molecule has 0 radical (unpaired) electrons. The molecular weight excluding hydrogens is 222 g/mol. The van der Waals surface area contributed by atoms with Crippen LogP contribution in [0, 0.1) is 0 Å². The molecule has 2 aliphatic rings. The van der Waals surface area contributed by atoms with E-state index in [1.807, 2.05) is 0 Å². The van der Waals surface area contributed by atoms with Crippen molar-refractivity contribution in [3.63, 3.8) is 0 Å². The quantitative estimate of drug-likeness (QED) is 0.883. The van der Waals surface area contributed by atoms with E-state index in [9.17, 15) is 0 Å². The highest BCUT2D eigenvalue weighted by Gasteiger charge is 2.25. The number of nitrogens with one attached hydrogen (secondary N) is 1. The third kappa shape index (κ3) is 2.39. The molecule has 2 nitrogen and oxygen atoms in total. The fraction of sp³-hybridized carbons (Fsp3) is 0.625. The first-order chi connectivity index (χ1) is 8.86. The van der Waals surface area contributed by atoms with Gasteiger partial charge in [0.25, 0.3) is 0 Å². The van der Waals surface area contributed by atoms with Crippen LogP contribution < -0.4 is 10.1 Å². The van der Waals surface area contributed by atoms with Gasteiger partial charge in [-0.2, -0.15) is 0 Å². The Balaban J connectivity index is 1.71. The summed E-state index contributed by atoms with van der Waals surface area (Å²) >= 11 is 0. The van der Waals surface area contributed by atoms with E-state index in [4.69, 9.17) is 4.74 Å². The second kappa shape index (κ2) is 5.31. The van der Waals surface area contributed by atoms with Gasteiger partial charge in [-0.25, -0.2) is 0 Å². The largest absolute Gasteiger partial charge is 0.489 e. The SMILES string of the molecule is CNC1CCCCC1Oc1ccc2c(c1)CCC2. The van der Waals surface area contributed by atoms with Gasteiger partial charge in [-0.3, -0.25) is 0 Å². The molecule has 0 spiro atoms. The van der Waals surface area contributed by atoms with Crippen LogP contribution in [0.5, 0.6) is 5.75 Å². The Kier molecular flexibility index (Phi) is 3.55. The number of fused-ring (bicyclic) bond motifs is 1. The fourth-order valence-corrected chi connectivity index (χ4v) is 3.36. The van der Waals surface area contributed by atoms with Crippen LogP contribution in [0.2, 0.25) is 0 Å². The molecule has 98 valence electrons. The van der Waals surface area contributed by atoms with Gasteiger partial charge in [0.15, 0.2) is 0 Å². The maximum Gasteiger partial charge on any atom is 0.120 e. The van der Waals surface area contributed by atoms with Crippen molar-refractivity contribution in [1.82, 2.24) is 5.32 Å². The van der Waals surface area contributed by atoms with Crippen LogP contribution in [0.4, 0.5) is 0 Å². The van der Waals surface area contributed by atoms with Crippen LogP contribution >= 0.6 is 0 Å². The van der Waals surface area contributed by atoms with Gasteiger partial charge in [0, 0.05) is 6.04 Å². The molecule has 2 unspecified atom stereocenters. The summed E-state index contributed by atoms with van der Waals surface area (Å²) in [5.74, 6) is 1.07. The number of aryl methyl sites for hydroxylation is 2. The van der Waals surface area contributed by atoms with E-state index in [0.717, 1.165) is 5.75 Å². The number of rotatable bonds is 3. The molecule has 2 heteroatoms. The lowest BCUT2D eigenvalue weighted by atomic mass is 9.92.